The van der Waals surface area contributed by atoms with Gasteiger partial charge in [0.15, 0.2) is 5.76 Å². The summed E-state index contributed by atoms with van der Waals surface area (Å²) in [5.74, 6) is 2.29. The Morgan fingerprint density at radius 3 is 2.67 bits per heavy atom. The first kappa shape index (κ1) is 15.1. The molecule has 4 rings (SSSR count). The smallest absolute Gasteiger partial charge is 0.156 e. The van der Waals surface area contributed by atoms with E-state index in [0.717, 1.165) is 22.9 Å². The van der Waals surface area contributed by atoms with E-state index in [9.17, 15) is 0 Å². The van der Waals surface area contributed by atoms with Gasteiger partial charge in [0.05, 0.1) is 5.02 Å². The monoisotopic (exact) mass is 357 g/mol. The summed E-state index contributed by atoms with van der Waals surface area (Å²) >= 11 is 12.2. The lowest BCUT2D eigenvalue weighted by atomic mass is 10.3. The maximum absolute atomic E-state index is 6.16. The Labute approximate surface area is 148 Å². The number of aromatic nitrogens is 2. The van der Waals surface area contributed by atoms with Gasteiger partial charge in [-0.2, -0.15) is 0 Å². The molecule has 0 spiro atoms. The van der Waals surface area contributed by atoms with Gasteiger partial charge in [-0.15, -0.1) is 0 Å². The molecule has 0 fully saturated rings. The van der Waals surface area contributed by atoms with E-state index in [4.69, 9.17) is 27.6 Å². The van der Waals surface area contributed by atoms with Gasteiger partial charge in [-0.05, 0) is 49.4 Å². The fourth-order valence-electron chi connectivity index (χ4n) is 2.57. The van der Waals surface area contributed by atoms with Gasteiger partial charge in [0.25, 0.3) is 0 Å². The Hall–Kier alpha value is -2.43. The molecule has 0 aliphatic rings. The summed E-state index contributed by atoms with van der Waals surface area (Å²) in [5, 5.41) is 4.65. The first-order chi connectivity index (χ1) is 11.6. The number of halogens is 2. The fraction of sp³-hybridized carbons (Fsp3) is 0.0556. The minimum absolute atomic E-state index is 0.621. The highest BCUT2D eigenvalue weighted by Gasteiger charge is 2.17. The summed E-state index contributed by atoms with van der Waals surface area (Å²) < 4.78 is 7.66. The maximum Gasteiger partial charge on any atom is 0.156 e. The van der Waals surface area contributed by atoms with Crippen molar-refractivity contribution in [2.45, 2.75) is 6.92 Å². The van der Waals surface area contributed by atoms with Gasteiger partial charge in [0.1, 0.15) is 22.9 Å². The predicted molar refractivity (Wildman–Crippen MR) is 97.4 cm³/mol. The zero-order valence-electron chi connectivity index (χ0n) is 12.8. The van der Waals surface area contributed by atoms with Crippen molar-refractivity contribution in [1.82, 2.24) is 9.38 Å². The van der Waals surface area contributed by atoms with Crippen molar-refractivity contribution in [2.75, 3.05) is 5.32 Å². The van der Waals surface area contributed by atoms with Gasteiger partial charge < -0.3 is 9.73 Å². The van der Waals surface area contributed by atoms with E-state index >= 15 is 0 Å². The predicted octanol–water partition coefficient (Wildman–Crippen LogP) is 5.95. The first-order valence-electron chi connectivity index (χ1n) is 7.37. The number of fused-ring (bicyclic) bond motifs is 1. The van der Waals surface area contributed by atoms with Gasteiger partial charge in [0, 0.05) is 16.9 Å². The molecule has 0 unspecified atom stereocenters. The Morgan fingerprint density at radius 2 is 1.92 bits per heavy atom. The molecule has 0 radical (unpaired) electrons. The Morgan fingerprint density at radius 1 is 1.04 bits per heavy atom. The van der Waals surface area contributed by atoms with Crippen LogP contribution in [0.15, 0.2) is 59.1 Å². The van der Waals surface area contributed by atoms with Gasteiger partial charge in [-0.3, -0.25) is 4.40 Å². The number of aryl methyl sites for hydroxylation is 1. The van der Waals surface area contributed by atoms with E-state index < -0.39 is 0 Å². The zero-order chi connectivity index (χ0) is 16.7. The van der Waals surface area contributed by atoms with Crippen LogP contribution < -0.4 is 5.32 Å². The molecular formula is C18H13Cl2N3O. The molecule has 0 saturated carbocycles. The van der Waals surface area contributed by atoms with Crippen molar-refractivity contribution < 1.29 is 4.42 Å². The number of benzene rings is 1. The van der Waals surface area contributed by atoms with Crippen LogP contribution in [-0.2, 0) is 0 Å². The summed E-state index contributed by atoms with van der Waals surface area (Å²) in [6, 6.07) is 15.0. The van der Waals surface area contributed by atoms with E-state index in [1.54, 1.807) is 0 Å². The molecule has 0 bridgehead atoms. The van der Waals surface area contributed by atoms with Crippen LogP contribution in [0.3, 0.4) is 0 Å². The molecule has 0 aliphatic heterocycles. The molecule has 3 aromatic heterocycles. The Kier molecular flexibility index (Phi) is 3.71. The number of imidazole rings is 1. The van der Waals surface area contributed by atoms with Gasteiger partial charge >= 0.3 is 0 Å². The first-order valence-corrected chi connectivity index (χ1v) is 8.13. The molecule has 4 aromatic rings. The summed E-state index contributed by atoms with van der Waals surface area (Å²) in [4.78, 5) is 4.67. The molecule has 0 amide bonds. The largest absolute Gasteiger partial charge is 0.460 e. The van der Waals surface area contributed by atoms with Crippen LogP contribution in [0.4, 0.5) is 11.5 Å². The molecule has 0 saturated heterocycles. The van der Waals surface area contributed by atoms with Crippen LogP contribution in [0.25, 0.3) is 17.1 Å². The quantitative estimate of drug-likeness (QED) is 0.492. The van der Waals surface area contributed by atoms with Crippen molar-refractivity contribution in [3.05, 3.63) is 70.5 Å². The van der Waals surface area contributed by atoms with Crippen LogP contribution in [0.2, 0.25) is 10.0 Å². The molecule has 3 heterocycles. The lowest BCUT2D eigenvalue weighted by molar-refractivity contribution is 0.547. The van der Waals surface area contributed by atoms with Crippen molar-refractivity contribution in [2.24, 2.45) is 0 Å². The highest BCUT2D eigenvalue weighted by atomic mass is 35.5. The third kappa shape index (κ3) is 2.75. The van der Waals surface area contributed by atoms with E-state index in [1.165, 1.54) is 0 Å². The van der Waals surface area contributed by atoms with Crippen LogP contribution in [0.5, 0.6) is 0 Å². The number of rotatable bonds is 3. The van der Waals surface area contributed by atoms with E-state index in [2.05, 4.69) is 10.3 Å². The number of hydrogen-bond donors (Lipinski definition) is 1. The second kappa shape index (κ2) is 5.89. The number of hydrogen-bond acceptors (Lipinski definition) is 3. The number of nitrogens with zero attached hydrogens (tertiary/aromatic N) is 2. The standard InChI is InChI=1S/C18H13Cl2N3O/c1-11-5-7-15(24-11)17-18(21-14-4-2-3-12(19)9-14)23-10-13(20)6-8-16(23)22-17/h2-10,21H,1H3. The number of furan rings is 1. The molecule has 0 atom stereocenters. The van der Waals surface area contributed by atoms with Crippen molar-refractivity contribution in [1.29, 1.82) is 0 Å². The molecule has 6 heteroatoms. The highest BCUT2D eigenvalue weighted by Crippen LogP contribution is 2.33. The third-order valence-corrected chi connectivity index (χ3v) is 4.10. The summed E-state index contributed by atoms with van der Waals surface area (Å²) in [5.41, 5.74) is 2.34. The van der Waals surface area contributed by atoms with Gasteiger partial charge in [-0.1, -0.05) is 29.3 Å². The van der Waals surface area contributed by atoms with E-state index in [1.807, 2.05) is 66.1 Å². The lowest BCUT2D eigenvalue weighted by Gasteiger charge is -2.08. The van der Waals surface area contributed by atoms with Crippen LogP contribution in [-0.4, -0.2) is 9.38 Å². The van der Waals surface area contributed by atoms with Crippen LogP contribution in [0, 0.1) is 6.92 Å². The lowest BCUT2D eigenvalue weighted by Crippen LogP contribution is -1.96. The molecule has 24 heavy (non-hydrogen) atoms. The maximum atomic E-state index is 6.16. The van der Waals surface area contributed by atoms with Crippen molar-refractivity contribution >= 4 is 40.4 Å². The fourth-order valence-corrected chi connectivity index (χ4v) is 2.93. The highest BCUT2D eigenvalue weighted by molar-refractivity contribution is 6.31. The van der Waals surface area contributed by atoms with Crippen LogP contribution >= 0.6 is 23.2 Å². The Bertz CT molecular complexity index is 1040. The van der Waals surface area contributed by atoms with Crippen molar-refractivity contribution in [3.8, 4) is 11.5 Å². The summed E-state index contributed by atoms with van der Waals surface area (Å²) in [6.07, 6.45) is 1.82. The average molecular weight is 358 g/mol. The van der Waals surface area contributed by atoms with Crippen LogP contribution in [0.1, 0.15) is 5.76 Å². The second-order valence-corrected chi connectivity index (χ2v) is 6.30. The number of nitrogens with one attached hydrogen (secondary N) is 1. The third-order valence-electron chi connectivity index (χ3n) is 3.64. The molecule has 4 nitrogen and oxygen atoms in total. The normalized spacial score (nSPS) is 11.1. The minimum Gasteiger partial charge on any atom is -0.460 e. The topological polar surface area (TPSA) is 42.5 Å². The summed E-state index contributed by atoms with van der Waals surface area (Å²) in [7, 11) is 0. The summed E-state index contributed by atoms with van der Waals surface area (Å²) in [6.45, 7) is 1.90. The second-order valence-electron chi connectivity index (χ2n) is 5.43. The minimum atomic E-state index is 0.621. The van der Waals surface area contributed by atoms with Gasteiger partial charge in [-0.25, -0.2) is 4.98 Å². The molecule has 1 N–H and O–H groups in total. The zero-order valence-corrected chi connectivity index (χ0v) is 14.3. The average Bonchev–Trinajstić information content (AvgIpc) is 3.12. The molecular weight excluding hydrogens is 345 g/mol. The number of pyridine rings is 1. The van der Waals surface area contributed by atoms with E-state index in [-0.39, 0.29) is 0 Å². The van der Waals surface area contributed by atoms with E-state index in [0.29, 0.717) is 21.5 Å². The molecule has 0 aliphatic carbocycles. The SMILES string of the molecule is Cc1ccc(-c2nc3ccc(Cl)cn3c2Nc2cccc(Cl)c2)o1. The van der Waals surface area contributed by atoms with Gasteiger partial charge in [0.2, 0.25) is 0 Å². The van der Waals surface area contributed by atoms with Crippen molar-refractivity contribution in [3.63, 3.8) is 0 Å². The number of anilines is 2. The molecule has 1 aromatic carbocycles. The molecule has 120 valence electrons. The Balaban J connectivity index is 1.91.